The molecule has 3 aromatic rings. The lowest BCUT2D eigenvalue weighted by molar-refractivity contribution is 0.250. The van der Waals surface area contributed by atoms with Crippen LogP contribution < -0.4 is 19.6 Å². The predicted octanol–water partition coefficient (Wildman–Crippen LogP) is 10.3. The van der Waals surface area contributed by atoms with Crippen molar-refractivity contribution in [2.75, 3.05) is 45.8 Å². The Labute approximate surface area is 301 Å². The van der Waals surface area contributed by atoms with E-state index in [-0.39, 0.29) is 25.3 Å². The molecule has 0 unspecified atom stereocenters. The van der Waals surface area contributed by atoms with Gasteiger partial charge in [0.15, 0.2) is 0 Å². The molecule has 0 aliphatic heterocycles. The van der Waals surface area contributed by atoms with Gasteiger partial charge in [-0.1, -0.05) is 103 Å². The van der Waals surface area contributed by atoms with Gasteiger partial charge in [-0.15, -0.1) is 0 Å². The number of rotatable bonds is 22. The van der Waals surface area contributed by atoms with Crippen LogP contribution in [0, 0.1) is 0 Å². The maximum atomic E-state index is 14.4. The number of carbonyl (C=O) groups is 2. The largest absolute Gasteiger partial charge is 0.392 e. The van der Waals surface area contributed by atoms with Crippen LogP contribution >= 0.6 is 0 Å². The minimum Gasteiger partial charge on any atom is -0.392 e. The number of anilines is 4. The Kier molecular flexibility index (Phi) is 18.5. The molecular weight excluding hydrogens is 624 g/mol. The summed E-state index contributed by atoms with van der Waals surface area (Å²) in [4.78, 5) is 36.3. The fourth-order valence-corrected chi connectivity index (χ4v) is 6.09. The maximum Gasteiger partial charge on any atom is 0.328 e. The van der Waals surface area contributed by atoms with E-state index < -0.39 is 0 Å². The van der Waals surface area contributed by atoms with Crippen molar-refractivity contribution in [3.8, 4) is 0 Å². The van der Waals surface area contributed by atoms with E-state index >= 15 is 0 Å². The van der Waals surface area contributed by atoms with E-state index in [9.17, 15) is 19.8 Å². The average molecular weight is 687 g/mol. The third-order valence-corrected chi connectivity index (χ3v) is 9.20. The number of hydrogen-bond donors (Lipinski definition) is 2. The first-order valence-electron chi connectivity index (χ1n) is 19.1. The topological polar surface area (TPSA) is 87.6 Å². The SMILES string of the molecule is CCCCCN(C(=O)N(CCCCC)c1ccc(N(CCCCC)C(=O)N(CCCCC)c2ccc(CO)cc2)cc1)c1ccc(CO)cc1. The monoisotopic (exact) mass is 686 g/mol. The summed E-state index contributed by atoms with van der Waals surface area (Å²) >= 11 is 0. The summed E-state index contributed by atoms with van der Waals surface area (Å²) < 4.78 is 0. The van der Waals surface area contributed by atoms with Crippen molar-refractivity contribution in [1.82, 2.24) is 0 Å². The molecule has 0 spiro atoms. The lowest BCUT2D eigenvalue weighted by Crippen LogP contribution is -2.45. The molecule has 0 saturated heterocycles. The Morgan fingerprint density at radius 3 is 0.820 bits per heavy atom. The molecule has 8 nitrogen and oxygen atoms in total. The second-order valence-electron chi connectivity index (χ2n) is 13.2. The highest BCUT2D eigenvalue weighted by molar-refractivity contribution is 6.05. The lowest BCUT2D eigenvalue weighted by atomic mass is 10.1. The highest BCUT2D eigenvalue weighted by Crippen LogP contribution is 2.28. The number of urea groups is 2. The Hall–Kier alpha value is -3.88. The van der Waals surface area contributed by atoms with Gasteiger partial charge in [0.2, 0.25) is 0 Å². The number of hydrogen-bond acceptors (Lipinski definition) is 4. The molecular formula is C42H62N4O4. The minimum atomic E-state index is -0.0639. The van der Waals surface area contributed by atoms with Gasteiger partial charge < -0.3 is 10.2 Å². The van der Waals surface area contributed by atoms with Crippen molar-refractivity contribution < 1.29 is 19.8 Å². The first-order valence-corrected chi connectivity index (χ1v) is 19.1. The summed E-state index contributed by atoms with van der Waals surface area (Å²) in [7, 11) is 0. The quantitative estimate of drug-likeness (QED) is 0.103. The number of aliphatic hydroxyl groups excluding tert-OH is 2. The number of carbonyl (C=O) groups excluding carboxylic acids is 2. The van der Waals surface area contributed by atoms with Crippen LogP contribution in [-0.4, -0.2) is 48.5 Å². The van der Waals surface area contributed by atoms with E-state index in [1.54, 1.807) is 0 Å². The van der Waals surface area contributed by atoms with Gasteiger partial charge >= 0.3 is 12.1 Å². The van der Waals surface area contributed by atoms with Crippen molar-refractivity contribution in [2.24, 2.45) is 0 Å². The fraction of sp³-hybridized carbons (Fsp3) is 0.524. The number of unbranched alkanes of at least 4 members (excludes halogenated alkanes) is 8. The van der Waals surface area contributed by atoms with Crippen molar-refractivity contribution in [1.29, 1.82) is 0 Å². The van der Waals surface area contributed by atoms with Crippen molar-refractivity contribution >= 4 is 34.8 Å². The van der Waals surface area contributed by atoms with Crippen LogP contribution in [0.3, 0.4) is 0 Å². The van der Waals surface area contributed by atoms with Crippen LogP contribution in [-0.2, 0) is 13.2 Å². The Balaban J connectivity index is 1.98. The molecule has 0 fully saturated rings. The average Bonchev–Trinajstić information content (AvgIpc) is 3.15. The lowest BCUT2D eigenvalue weighted by Gasteiger charge is -2.33. The molecule has 0 aromatic heterocycles. The summed E-state index contributed by atoms with van der Waals surface area (Å²) in [6.07, 6.45) is 11.9. The normalized spacial score (nSPS) is 11.0. The molecule has 0 heterocycles. The van der Waals surface area contributed by atoms with Crippen LogP contribution in [0.5, 0.6) is 0 Å². The Bertz CT molecular complexity index is 1270. The molecule has 3 rings (SSSR count). The molecule has 8 heteroatoms. The molecule has 0 saturated carbocycles. The Morgan fingerprint density at radius 2 is 0.620 bits per heavy atom. The number of nitrogens with zero attached hydrogens (tertiary/aromatic N) is 4. The summed E-state index contributed by atoms with van der Waals surface area (Å²) in [6.45, 7) is 11.0. The second-order valence-corrected chi connectivity index (χ2v) is 13.2. The van der Waals surface area contributed by atoms with Gasteiger partial charge in [-0.05, 0) is 85.3 Å². The van der Waals surface area contributed by atoms with Gasteiger partial charge in [-0.3, -0.25) is 19.6 Å². The summed E-state index contributed by atoms with van der Waals surface area (Å²) in [6, 6.07) is 23.0. The summed E-state index contributed by atoms with van der Waals surface area (Å²) in [5.41, 5.74) is 4.89. The minimum absolute atomic E-state index is 0.0377. The van der Waals surface area contributed by atoms with E-state index in [0.29, 0.717) is 26.2 Å². The molecule has 3 aromatic carbocycles. The van der Waals surface area contributed by atoms with Gasteiger partial charge in [0, 0.05) is 48.9 Å². The van der Waals surface area contributed by atoms with Gasteiger partial charge in [-0.2, -0.15) is 0 Å². The maximum absolute atomic E-state index is 14.4. The third-order valence-electron chi connectivity index (χ3n) is 9.20. The number of benzene rings is 3. The zero-order valence-corrected chi connectivity index (χ0v) is 31.2. The van der Waals surface area contributed by atoms with Gasteiger partial charge in [0.1, 0.15) is 0 Å². The van der Waals surface area contributed by atoms with E-state index in [4.69, 9.17) is 0 Å². The standard InChI is InChI=1S/C42H62N4O4/c1-5-9-13-29-43(37-21-17-35(33-47)18-22-37)41(49)45(31-15-11-7-3)39-25-27-40(28-26-39)46(32-16-12-8-4)42(50)44(30-14-10-6-2)38-23-19-36(34-48)20-24-38/h17-28,47-48H,5-16,29-34H2,1-4H3. The first-order chi connectivity index (χ1) is 24.4. The van der Waals surface area contributed by atoms with Crippen LogP contribution in [0.4, 0.5) is 32.3 Å². The van der Waals surface area contributed by atoms with Crippen molar-refractivity contribution in [2.45, 2.75) is 118 Å². The molecule has 50 heavy (non-hydrogen) atoms. The highest BCUT2D eigenvalue weighted by Gasteiger charge is 2.26. The molecule has 0 aliphatic rings. The summed E-state index contributed by atoms with van der Waals surface area (Å²) in [5, 5.41) is 19.2. The highest BCUT2D eigenvalue weighted by atomic mass is 16.3. The third kappa shape index (κ3) is 12.2. The zero-order valence-electron chi connectivity index (χ0n) is 31.2. The van der Waals surface area contributed by atoms with E-state index in [0.717, 1.165) is 111 Å². The van der Waals surface area contributed by atoms with Crippen molar-refractivity contribution in [3.63, 3.8) is 0 Å². The fourth-order valence-electron chi connectivity index (χ4n) is 6.09. The van der Waals surface area contributed by atoms with E-state index in [1.807, 2.05) is 92.4 Å². The molecule has 0 atom stereocenters. The molecule has 0 aliphatic carbocycles. The summed E-state index contributed by atoms with van der Waals surface area (Å²) in [5.74, 6) is 0. The second kappa shape index (κ2) is 22.8. The van der Waals surface area contributed by atoms with Gasteiger partial charge in [-0.25, -0.2) is 9.59 Å². The van der Waals surface area contributed by atoms with Crippen LogP contribution in [0.25, 0.3) is 0 Å². The first kappa shape index (κ1) is 40.5. The van der Waals surface area contributed by atoms with Crippen LogP contribution in [0.1, 0.15) is 116 Å². The molecule has 2 N–H and O–H groups in total. The van der Waals surface area contributed by atoms with Crippen LogP contribution in [0.2, 0.25) is 0 Å². The molecule has 4 amide bonds. The van der Waals surface area contributed by atoms with Gasteiger partial charge in [0.25, 0.3) is 0 Å². The van der Waals surface area contributed by atoms with E-state index in [1.165, 1.54) is 0 Å². The predicted molar refractivity (Wildman–Crippen MR) is 209 cm³/mol. The number of aliphatic hydroxyl groups is 2. The molecule has 0 bridgehead atoms. The van der Waals surface area contributed by atoms with E-state index in [2.05, 4.69) is 27.7 Å². The van der Waals surface area contributed by atoms with Gasteiger partial charge in [0.05, 0.1) is 13.2 Å². The van der Waals surface area contributed by atoms with Crippen LogP contribution in [0.15, 0.2) is 72.8 Å². The zero-order chi connectivity index (χ0) is 36.1. The number of amides is 4. The van der Waals surface area contributed by atoms with Crippen molar-refractivity contribution in [3.05, 3.63) is 83.9 Å². The Morgan fingerprint density at radius 1 is 0.400 bits per heavy atom. The smallest absolute Gasteiger partial charge is 0.328 e. The molecule has 274 valence electrons. The molecule has 0 radical (unpaired) electrons.